The molecule has 1 aromatic rings. The number of fused-ring (bicyclic) bond motifs is 1. The van der Waals surface area contributed by atoms with Crippen molar-refractivity contribution < 1.29 is 4.74 Å². The van der Waals surface area contributed by atoms with Crippen molar-refractivity contribution in [2.75, 3.05) is 6.61 Å². The highest BCUT2D eigenvalue weighted by molar-refractivity contribution is 5.38. The molecule has 0 radical (unpaired) electrons. The average molecular weight is 219 g/mol. The molecule has 0 aliphatic heterocycles. The second-order valence-corrected chi connectivity index (χ2v) is 4.59. The van der Waals surface area contributed by atoms with Gasteiger partial charge in [-0.2, -0.15) is 0 Å². The number of ether oxygens (including phenoxy) is 1. The van der Waals surface area contributed by atoms with Crippen molar-refractivity contribution in [2.45, 2.75) is 45.1 Å². The Labute approximate surface area is 97.8 Å². The van der Waals surface area contributed by atoms with Crippen LogP contribution in [0.5, 0.6) is 5.75 Å². The smallest absolute Gasteiger partial charge is 0.119 e. The maximum atomic E-state index is 5.85. The van der Waals surface area contributed by atoms with Gasteiger partial charge in [-0.05, 0) is 55.4 Å². The highest BCUT2D eigenvalue weighted by Crippen LogP contribution is 2.26. The molecule has 1 aromatic carbocycles. The summed E-state index contributed by atoms with van der Waals surface area (Å²) in [7, 11) is 0. The van der Waals surface area contributed by atoms with Crippen LogP contribution in [0.3, 0.4) is 0 Å². The zero-order valence-electron chi connectivity index (χ0n) is 10.0. The van der Waals surface area contributed by atoms with E-state index < -0.39 is 0 Å². The molecular formula is C14H21NO. The molecule has 0 amide bonds. The molecule has 2 nitrogen and oxygen atoms in total. The van der Waals surface area contributed by atoms with E-state index in [9.17, 15) is 0 Å². The fourth-order valence-electron chi connectivity index (χ4n) is 2.17. The molecule has 1 unspecified atom stereocenters. The highest BCUT2D eigenvalue weighted by atomic mass is 16.5. The van der Waals surface area contributed by atoms with E-state index in [2.05, 4.69) is 25.1 Å². The van der Waals surface area contributed by atoms with Crippen LogP contribution < -0.4 is 10.5 Å². The average Bonchev–Trinajstić information content (AvgIpc) is 2.76. The van der Waals surface area contributed by atoms with Crippen LogP contribution in [0.2, 0.25) is 0 Å². The number of aryl methyl sites for hydroxylation is 2. The summed E-state index contributed by atoms with van der Waals surface area (Å²) < 4.78 is 5.72. The number of benzene rings is 1. The van der Waals surface area contributed by atoms with Crippen molar-refractivity contribution in [1.82, 2.24) is 0 Å². The molecule has 0 aromatic heterocycles. The van der Waals surface area contributed by atoms with Gasteiger partial charge in [0.2, 0.25) is 0 Å². The summed E-state index contributed by atoms with van der Waals surface area (Å²) in [5, 5.41) is 0. The van der Waals surface area contributed by atoms with Crippen molar-refractivity contribution in [3.05, 3.63) is 29.3 Å². The van der Waals surface area contributed by atoms with Crippen LogP contribution in [-0.4, -0.2) is 12.6 Å². The third-order valence-corrected chi connectivity index (χ3v) is 3.35. The van der Waals surface area contributed by atoms with E-state index in [0.29, 0.717) is 0 Å². The first kappa shape index (κ1) is 11.5. The maximum Gasteiger partial charge on any atom is 0.119 e. The summed E-state index contributed by atoms with van der Waals surface area (Å²) in [6.45, 7) is 2.84. The lowest BCUT2D eigenvalue weighted by Gasteiger charge is -2.11. The van der Waals surface area contributed by atoms with Crippen LogP contribution in [-0.2, 0) is 12.8 Å². The summed E-state index contributed by atoms with van der Waals surface area (Å²) in [5.74, 6) is 1.00. The fourth-order valence-corrected chi connectivity index (χ4v) is 2.17. The minimum atomic E-state index is 0.273. The van der Waals surface area contributed by atoms with E-state index in [1.807, 2.05) is 0 Å². The quantitative estimate of drug-likeness (QED) is 0.826. The Bertz CT molecular complexity index is 349. The van der Waals surface area contributed by atoms with E-state index in [1.165, 1.54) is 30.4 Å². The van der Waals surface area contributed by atoms with Gasteiger partial charge in [0, 0.05) is 6.04 Å². The van der Waals surface area contributed by atoms with Crippen LogP contribution in [0.15, 0.2) is 18.2 Å². The van der Waals surface area contributed by atoms with E-state index >= 15 is 0 Å². The third-order valence-electron chi connectivity index (χ3n) is 3.35. The fraction of sp³-hybridized carbons (Fsp3) is 0.571. The van der Waals surface area contributed by atoms with Gasteiger partial charge in [-0.15, -0.1) is 0 Å². The number of hydrogen-bond acceptors (Lipinski definition) is 2. The Hall–Kier alpha value is -1.02. The van der Waals surface area contributed by atoms with Crippen LogP contribution in [0.1, 0.15) is 37.3 Å². The molecule has 2 heteroatoms. The van der Waals surface area contributed by atoms with Gasteiger partial charge in [0.25, 0.3) is 0 Å². The summed E-state index contributed by atoms with van der Waals surface area (Å²) in [6, 6.07) is 6.76. The van der Waals surface area contributed by atoms with Gasteiger partial charge >= 0.3 is 0 Å². The zero-order valence-corrected chi connectivity index (χ0v) is 10.0. The topological polar surface area (TPSA) is 35.2 Å². The number of rotatable bonds is 5. The third kappa shape index (κ3) is 2.76. The normalized spacial score (nSPS) is 15.9. The molecule has 1 aliphatic rings. The largest absolute Gasteiger partial charge is 0.494 e. The summed E-state index contributed by atoms with van der Waals surface area (Å²) in [4.78, 5) is 0. The molecule has 0 spiro atoms. The Morgan fingerprint density at radius 2 is 2.12 bits per heavy atom. The van der Waals surface area contributed by atoms with Crippen LogP contribution in [0.4, 0.5) is 0 Å². The molecule has 2 rings (SSSR count). The van der Waals surface area contributed by atoms with Crippen molar-refractivity contribution in [3.8, 4) is 5.75 Å². The van der Waals surface area contributed by atoms with Gasteiger partial charge in [0.1, 0.15) is 5.75 Å². The lowest BCUT2D eigenvalue weighted by atomic mass is 10.1. The summed E-state index contributed by atoms with van der Waals surface area (Å²) in [5.41, 5.74) is 8.81. The monoisotopic (exact) mass is 219 g/mol. The lowest BCUT2D eigenvalue weighted by Crippen LogP contribution is -2.21. The van der Waals surface area contributed by atoms with Gasteiger partial charge in [-0.25, -0.2) is 0 Å². The molecule has 0 fully saturated rings. The number of nitrogens with two attached hydrogens (primary N) is 1. The van der Waals surface area contributed by atoms with E-state index in [1.54, 1.807) is 0 Å². The SMILES string of the molecule is CCC(N)CCOc1ccc2c(c1)CCC2. The second-order valence-electron chi connectivity index (χ2n) is 4.59. The Morgan fingerprint density at radius 3 is 2.94 bits per heavy atom. The van der Waals surface area contributed by atoms with Crippen molar-refractivity contribution in [2.24, 2.45) is 5.73 Å². The molecule has 88 valence electrons. The molecule has 1 aliphatic carbocycles. The predicted molar refractivity (Wildman–Crippen MR) is 66.8 cm³/mol. The maximum absolute atomic E-state index is 5.85. The number of hydrogen-bond donors (Lipinski definition) is 1. The molecule has 1 atom stereocenters. The first-order valence-electron chi connectivity index (χ1n) is 6.29. The Kier molecular flexibility index (Phi) is 3.83. The second kappa shape index (κ2) is 5.35. The van der Waals surface area contributed by atoms with Gasteiger partial charge in [0.05, 0.1) is 6.61 Å². The van der Waals surface area contributed by atoms with Crippen molar-refractivity contribution in [1.29, 1.82) is 0 Å². The Balaban J connectivity index is 1.86. The van der Waals surface area contributed by atoms with Crippen LogP contribution in [0.25, 0.3) is 0 Å². The molecule has 16 heavy (non-hydrogen) atoms. The van der Waals surface area contributed by atoms with Gasteiger partial charge in [-0.1, -0.05) is 13.0 Å². The standard InChI is InChI=1S/C14H21NO/c1-2-13(15)8-9-16-14-7-6-11-4-3-5-12(11)10-14/h6-7,10,13H,2-5,8-9,15H2,1H3. The molecule has 0 heterocycles. The first-order chi connectivity index (χ1) is 7.79. The molecule has 2 N–H and O–H groups in total. The minimum absolute atomic E-state index is 0.273. The van der Waals surface area contributed by atoms with Crippen molar-refractivity contribution in [3.63, 3.8) is 0 Å². The first-order valence-corrected chi connectivity index (χ1v) is 6.29. The highest BCUT2D eigenvalue weighted by Gasteiger charge is 2.11. The van der Waals surface area contributed by atoms with Crippen LogP contribution >= 0.6 is 0 Å². The van der Waals surface area contributed by atoms with Crippen molar-refractivity contribution >= 4 is 0 Å². The van der Waals surface area contributed by atoms with Crippen LogP contribution in [0, 0.1) is 0 Å². The predicted octanol–water partition coefficient (Wildman–Crippen LogP) is 2.68. The van der Waals surface area contributed by atoms with E-state index in [4.69, 9.17) is 10.5 Å². The molecule has 0 saturated heterocycles. The molecule has 0 saturated carbocycles. The summed E-state index contributed by atoms with van der Waals surface area (Å²) >= 11 is 0. The van der Waals surface area contributed by atoms with Gasteiger partial charge in [-0.3, -0.25) is 0 Å². The molecule has 0 bridgehead atoms. The zero-order chi connectivity index (χ0) is 11.4. The van der Waals surface area contributed by atoms with Gasteiger partial charge < -0.3 is 10.5 Å². The lowest BCUT2D eigenvalue weighted by molar-refractivity contribution is 0.296. The van der Waals surface area contributed by atoms with E-state index in [-0.39, 0.29) is 6.04 Å². The minimum Gasteiger partial charge on any atom is -0.494 e. The Morgan fingerprint density at radius 1 is 1.31 bits per heavy atom. The van der Waals surface area contributed by atoms with Gasteiger partial charge in [0.15, 0.2) is 0 Å². The molecular weight excluding hydrogens is 198 g/mol. The van der Waals surface area contributed by atoms with E-state index in [0.717, 1.165) is 25.2 Å². The summed E-state index contributed by atoms with van der Waals surface area (Å²) in [6.07, 6.45) is 5.69.